The monoisotopic (exact) mass is 418 g/mol. The predicted octanol–water partition coefficient (Wildman–Crippen LogP) is 4.25. The molecule has 1 heterocycles. The van der Waals surface area contributed by atoms with Crippen molar-refractivity contribution < 1.29 is 18.3 Å². The molecule has 0 saturated heterocycles. The number of ketones is 1. The number of ether oxygens (including phenoxy) is 1. The van der Waals surface area contributed by atoms with E-state index in [1.54, 1.807) is 31.2 Å². The number of thioether (sulfide) groups is 1. The van der Waals surface area contributed by atoms with E-state index in [1.807, 2.05) is 6.92 Å². The Morgan fingerprint density at radius 2 is 1.90 bits per heavy atom. The van der Waals surface area contributed by atoms with E-state index < -0.39 is 16.9 Å². The predicted molar refractivity (Wildman–Crippen MR) is 109 cm³/mol. The van der Waals surface area contributed by atoms with Gasteiger partial charge < -0.3 is 4.74 Å². The third kappa shape index (κ3) is 4.38. The number of Topliss-reactive ketones (excluding diaryl/α,β-unsaturated/α-hetero) is 1. The molecule has 152 valence electrons. The van der Waals surface area contributed by atoms with Gasteiger partial charge in [0.15, 0.2) is 22.6 Å². The molecule has 2 atom stereocenters. The third-order valence-electron chi connectivity index (χ3n) is 4.48. The third-order valence-corrected chi connectivity index (χ3v) is 5.55. The first kappa shape index (κ1) is 21.1. The first-order chi connectivity index (χ1) is 13.8. The van der Waals surface area contributed by atoms with Crippen molar-refractivity contribution in [2.24, 2.45) is 0 Å². The van der Waals surface area contributed by atoms with E-state index in [1.165, 1.54) is 17.7 Å². The Hall–Kier alpha value is -2.58. The quantitative estimate of drug-likeness (QED) is 0.326. The largest absolute Gasteiger partial charge is 0.383 e. The lowest BCUT2D eigenvalue weighted by molar-refractivity contribution is 0.0993. The molecule has 0 spiro atoms. The minimum Gasteiger partial charge on any atom is -0.383 e. The van der Waals surface area contributed by atoms with Crippen LogP contribution in [0.3, 0.4) is 0 Å². The summed E-state index contributed by atoms with van der Waals surface area (Å²) in [7, 11) is 1.54. The highest BCUT2D eigenvalue weighted by molar-refractivity contribution is 8.00. The van der Waals surface area contributed by atoms with E-state index >= 15 is 0 Å². The van der Waals surface area contributed by atoms with Crippen molar-refractivity contribution in [2.45, 2.75) is 30.3 Å². The summed E-state index contributed by atoms with van der Waals surface area (Å²) in [5, 5.41) is 0.162. The van der Waals surface area contributed by atoms with Crippen molar-refractivity contribution in [3.05, 3.63) is 70.0 Å². The second kappa shape index (κ2) is 8.84. The summed E-state index contributed by atoms with van der Waals surface area (Å²) < 4.78 is 33.4. The fourth-order valence-electron chi connectivity index (χ4n) is 3.01. The Labute approximate surface area is 170 Å². The number of aromatic nitrogens is 2. The zero-order valence-corrected chi connectivity index (χ0v) is 17.0. The van der Waals surface area contributed by atoms with Gasteiger partial charge >= 0.3 is 0 Å². The number of carbonyl (C=O) groups is 1. The zero-order chi connectivity index (χ0) is 21.1. The molecule has 29 heavy (non-hydrogen) atoms. The van der Waals surface area contributed by atoms with Gasteiger partial charge in [0.1, 0.15) is 0 Å². The number of benzene rings is 2. The van der Waals surface area contributed by atoms with Crippen molar-refractivity contribution >= 4 is 28.4 Å². The Bertz CT molecular complexity index is 1120. The molecule has 5 nitrogen and oxygen atoms in total. The highest BCUT2D eigenvalue weighted by atomic mass is 32.2. The van der Waals surface area contributed by atoms with Crippen molar-refractivity contribution in [1.82, 2.24) is 9.55 Å². The molecule has 0 amide bonds. The van der Waals surface area contributed by atoms with E-state index in [-0.39, 0.29) is 22.9 Å². The molecular weight excluding hydrogens is 398 g/mol. The molecule has 0 aliphatic carbocycles. The minimum absolute atomic E-state index is 0.0588. The van der Waals surface area contributed by atoms with Crippen molar-refractivity contribution in [2.75, 3.05) is 13.7 Å². The maximum atomic E-state index is 13.5. The minimum atomic E-state index is -1.08. The number of fused-ring (bicyclic) bond motifs is 1. The van der Waals surface area contributed by atoms with Gasteiger partial charge in [0.2, 0.25) is 0 Å². The molecule has 0 saturated carbocycles. The van der Waals surface area contributed by atoms with E-state index in [0.29, 0.717) is 22.7 Å². The van der Waals surface area contributed by atoms with Crippen LogP contribution in [0.5, 0.6) is 0 Å². The second-order valence-electron chi connectivity index (χ2n) is 6.64. The molecule has 0 radical (unpaired) electrons. The van der Waals surface area contributed by atoms with Gasteiger partial charge in [-0.05, 0) is 44.2 Å². The first-order valence-electron chi connectivity index (χ1n) is 8.99. The highest BCUT2D eigenvalue weighted by Gasteiger charge is 2.23. The summed E-state index contributed by atoms with van der Waals surface area (Å²) in [6, 6.07) is 9.71. The molecule has 3 rings (SSSR count). The summed E-state index contributed by atoms with van der Waals surface area (Å²) in [5.74, 6) is -2.48. The van der Waals surface area contributed by atoms with Crippen LogP contribution in [0.1, 0.15) is 30.2 Å². The summed E-state index contributed by atoms with van der Waals surface area (Å²) in [6.45, 7) is 3.76. The summed E-state index contributed by atoms with van der Waals surface area (Å²) in [6.07, 6.45) is 0. The van der Waals surface area contributed by atoms with Gasteiger partial charge in [-0.25, -0.2) is 13.8 Å². The van der Waals surface area contributed by atoms with Crippen LogP contribution in [0, 0.1) is 11.6 Å². The fraction of sp³-hybridized carbons (Fsp3) is 0.286. The first-order valence-corrected chi connectivity index (χ1v) is 9.87. The van der Waals surface area contributed by atoms with Crippen molar-refractivity contribution in [1.29, 1.82) is 0 Å². The van der Waals surface area contributed by atoms with E-state index in [4.69, 9.17) is 4.74 Å². The van der Waals surface area contributed by atoms with Crippen molar-refractivity contribution in [3.8, 4) is 0 Å². The summed E-state index contributed by atoms with van der Waals surface area (Å²) in [4.78, 5) is 30.3. The number of para-hydroxylation sites is 1. The molecule has 2 aromatic carbocycles. The van der Waals surface area contributed by atoms with Crippen LogP contribution in [0.4, 0.5) is 8.78 Å². The lowest BCUT2D eigenvalue weighted by Crippen LogP contribution is -2.29. The van der Waals surface area contributed by atoms with Crippen LogP contribution in [0.2, 0.25) is 0 Å². The average Bonchev–Trinajstić information content (AvgIpc) is 2.69. The Kier molecular flexibility index (Phi) is 6.44. The normalized spacial score (nSPS) is 13.4. The fourth-order valence-corrected chi connectivity index (χ4v) is 4.10. The van der Waals surface area contributed by atoms with Crippen molar-refractivity contribution in [3.63, 3.8) is 0 Å². The van der Waals surface area contributed by atoms with Crippen LogP contribution < -0.4 is 5.56 Å². The number of methoxy groups -OCH3 is 1. The van der Waals surface area contributed by atoms with Gasteiger partial charge in [-0.15, -0.1) is 0 Å². The molecule has 2 unspecified atom stereocenters. The average molecular weight is 418 g/mol. The second-order valence-corrected chi connectivity index (χ2v) is 7.95. The van der Waals surface area contributed by atoms with Crippen LogP contribution in [0.15, 0.2) is 52.4 Å². The number of hydrogen-bond donors (Lipinski definition) is 0. The highest BCUT2D eigenvalue weighted by Crippen LogP contribution is 2.27. The lowest BCUT2D eigenvalue weighted by atomic mass is 10.1. The number of nitrogens with zero attached hydrogens (tertiary/aromatic N) is 2. The Morgan fingerprint density at radius 1 is 1.17 bits per heavy atom. The Balaban J connectivity index is 2.01. The maximum Gasteiger partial charge on any atom is 0.262 e. The summed E-state index contributed by atoms with van der Waals surface area (Å²) in [5.41, 5.74) is 0.354. The van der Waals surface area contributed by atoms with Gasteiger partial charge in [0.25, 0.3) is 5.56 Å². The standard InChI is InChI=1S/C21H20F2N2O3S/c1-12(11-28-3)25-20(27)15-6-4-5-7-18(15)24-21(25)29-13(2)19(26)14-8-9-16(22)17(23)10-14/h4-10,12-13H,11H2,1-3H3. The summed E-state index contributed by atoms with van der Waals surface area (Å²) >= 11 is 1.10. The van der Waals surface area contributed by atoms with Crippen LogP contribution in [0.25, 0.3) is 10.9 Å². The zero-order valence-electron chi connectivity index (χ0n) is 16.2. The van der Waals surface area contributed by atoms with E-state index in [9.17, 15) is 18.4 Å². The van der Waals surface area contributed by atoms with E-state index in [2.05, 4.69) is 4.98 Å². The topological polar surface area (TPSA) is 61.2 Å². The molecule has 0 aliphatic rings. The molecule has 0 bridgehead atoms. The van der Waals surface area contributed by atoms with Gasteiger partial charge in [-0.3, -0.25) is 14.2 Å². The van der Waals surface area contributed by atoms with E-state index in [0.717, 1.165) is 23.9 Å². The molecular formula is C21H20F2N2O3S. The number of carbonyl (C=O) groups excluding carboxylic acids is 1. The molecule has 0 N–H and O–H groups in total. The molecule has 0 fully saturated rings. The van der Waals surface area contributed by atoms with Gasteiger partial charge in [0, 0.05) is 12.7 Å². The van der Waals surface area contributed by atoms with Crippen LogP contribution in [-0.2, 0) is 4.74 Å². The number of rotatable bonds is 7. The number of hydrogen-bond acceptors (Lipinski definition) is 5. The SMILES string of the molecule is COCC(C)n1c(SC(C)C(=O)c2ccc(F)c(F)c2)nc2ccccc2c1=O. The molecule has 0 aliphatic heterocycles. The smallest absolute Gasteiger partial charge is 0.262 e. The molecule has 1 aromatic heterocycles. The maximum absolute atomic E-state index is 13.5. The molecule has 3 aromatic rings. The Morgan fingerprint density at radius 3 is 2.59 bits per heavy atom. The van der Waals surface area contributed by atoms with Gasteiger partial charge in [-0.2, -0.15) is 0 Å². The number of halogens is 2. The molecule has 8 heteroatoms. The van der Waals surface area contributed by atoms with Gasteiger partial charge in [-0.1, -0.05) is 23.9 Å². The van der Waals surface area contributed by atoms with Gasteiger partial charge in [0.05, 0.1) is 28.8 Å². The lowest BCUT2D eigenvalue weighted by Gasteiger charge is -2.20. The van der Waals surface area contributed by atoms with Crippen LogP contribution >= 0.6 is 11.8 Å². The van der Waals surface area contributed by atoms with Crippen LogP contribution in [-0.4, -0.2) is 34.3 Å².